The van der Waals surface area contributed by atoms with E-state index in [9.17, 15) is 29.5 Å². The first kappa shape index (κ1) is 26.5. The van der Waals surface area contributed by atoms with Crippen LogP contribution >= 0.6 is 0 Å². The van der Waals surface area contributed by atoms with Gasteiger partial charge in [0.25, 0.3) is 5.56 Å². The van der Waals surface area contributed by atoms with Crippen LogP contribution in [-0.2, 0) is 23.8 Å². The first-order valence-electron chi connectivity index (χ1n) is 12.2. The van der Waals surface area contributed by atoms with Gasteiger partial charge in [-0.2, -0.15) is 5.26 Å². The van der Waals surface area contributed by atoms with Gasteiger partial charge in [-0.1, -0.05) is 24.3 Å². The summed E-state index contributed by atoms with van der Waals surface area (Å²) >= 11 is 0. The number of esters is 2. The van der Waals surface area contributed by atoms with Crippen LogP contribution in [0.1, 0.15) is 43.5 Å². The molecular weight excluding hydrogens is 524 g/mol. The highest BCUT2D eigenvalue weighted by molar-refractivity contribution is 5.92. The van der Waals surface area contributed by atoms with Gasteiger partial charge in [0, 0.05) is 37.4 Å². The molecule has 0 bridgehead atoms. The molecular formula is C27H24N4O9. The summed E-state index contributed by atoms with van der Waals surface area (Å²) < 4.78 is 23.0. The van der Waals surface area contributed by atoms with Crippen LogP contribution < -0.4 is 21.7 Å². The Bertz CT molecular complexity index is 1730. The Balaban J connectivity index is 1.63. The largest absolute Gasteiger partial charge is 0.507 e. The molecule has 2 aliphatic heterocycles. The quantitative estimate of drug-likeness (QED) is 0.390. The second kappa shape index (κ2) is 10.2. The van der Waals surface area contributed by atoms with Crippen molar-refractivity contribution < 1.29 is 33.6 Å². The monoisotopic (exact) mass is 548 g/mol. The van der Waals surface area contributed by atoms with Crippen molar-refractivity contribution in [1.82, 2.24) is 9.55 Å². The van der Waals surface area contributed by atoms with Crippen LogP contribution in [0.2, 0.25) is 0 Å². The third-order valence-electron chi connectivity index (χ3n) is 6.77. The number of carbonyl (C=O) groups excluding carboxylic acids is 2. The standard InChI is InChI=1S/C27H24N4O9/c1-12(32)37-11-20-18(38-13(2)33)8-21(39-20)31-10-17(26(35)30-27(31)36)22-16(9-28)25(29)40-19-7-14-5-3-4-6-15(14)24(34)23(19)22/h3-7,10,18,20-22,34H,8,11,29H2,1-2H3,(H,30,35,36)/t18-,20+,21+,22?/m0/s1. The molecule has 0 amide bonds. The highest BCUT2D eigenvalue weighted by Crippen LogP contribution is 2.48. The molecule has 1 unspecified atom stereocenters. The lowest BCUT2D eigenvalue weighted by atomic mass is 9.83. The maximum absolute atomic E-state index is 13.2. The van der Waals surface area contributed by atoms with Gasteiger partial charge in [-0.3, -0.25) is 23.9 Å². The van der Waals surface area contributed by atoms with E-state index in [1.807, 2.05) is 6.07 Å². The van der Waals surface area contributed by atoms with Crippen LogP contribution in [0.15, 0.2) is 57.6 Å². The number of phenols is 1. The van der Waals surface area contributed by atoms with Crippen molar-refractivity contribution in [1.29, 1.82) is 5.26 Å². The fourth-order valence-corrected chi connectivity index (χ4v) is 5.05. The Morgan fingerprint density at radius 3 is 2.70 bits per heavy atom. The number of nitriles is 1. The molecule has 3 aromatic rings. The predicted molar refractivity (Wildman–Crippen MR) is 137 cm³/mol. The summed E-state index contributed by atoms with van der Waals surface area (Å²) in [6.45, 7) is 2.18. The van der Waals surface area contributed by atoms with Crippen molar-refractivity contribution in [3.05, 3.63) is 79.9 Å². The number of phenolic OH excluding ortho intramolecular Hbond substituents is 1. The van der Waals surface area contributed by atoms with Gasteiger partial charge < -0.3 is 29.8 Å². The summed E-state index contributed by atoms with van der Waals surface area (Å²) in [5.41, 5.74) is 4.29. The number of hydrogen-bond acceptors (Lipinski definition) is 11. The van der Waals surface area contributed by atoms with Crippen LogP contribution in [0.4, 0.5) is 0 Å². The molecule has 0 radical (unpaired) electrons. The Morgan fingerprint density at radius 2 is 2.00 bits per heavy atom. The summed E-state index contributed by atoms with van der Waals surface area (Å²) in [6, 6.07) is 10.5. The number of nitrogens with zero attached hydrogens (tertiary/aromatic N) is 2. The van der Waals surface area contributed by atoms with Gasteiger partial charge in [-0.25, -0.2) is 4.79 Å². The van der Waals surface area contributed by atoms with Crippen molar-refractivity contribution in [2.45, 2.75) is 44.6 Å². The number of aromatic hydroxyl groups is 1. The lowest BCUT2D eigenvalue weighted by molar-refractivity contribution is -0.155. The van der Waals surface area contributed by atoms with E-state index in [4.69, 9.17) is 24.7 Å². The Hall–Kier alpha value is -5.09. The van der Waals surface area contributed by atoms with Crippen LogP contribution in [0.25, 0.3) is 10.8 Å². The molecule has 13 nitrogen and oxygen atoms in total. The van der Waals surface area contributed by atoms with Gasteiger partial charge in [0.05, 0.1) is 11.5 Å². The normalized spacial score (nSPS) is 21.8. The number of H-pyrrole nitrogens is 1. The number of allylic oxidation sites excluding steroid dienone is 1. The predicted octanol–water partition coefficient (Wildman–Crippen LogP) is 1.40. The van der Waals surface area contributed by atoms with Crippen molar-refractivity contribution in [3.63, 3.8) is 0 Å². The molecule has 0 spiro atoms. The van der Waals surface area contributed by atoms with Gasteiger partial charge in [0.15, 0.2) is 0 Å². The molecule has 0 saturated carbocycles. The molecule has 2 aromatic carbocycles. The number of aromatic nitrogens is 2. The van der Waals surface area contributed by atoms with E-state index in [1.165, 1.54) is 20.0 Å². The van der Waals surface area contributed by atoms with Gasteiger partial charge in [0.2, 0.25) is 5.88 Å². The summed E-state index contributed by atoms with van der Waals surface area (Å²) in [5, 5.41) is 22.3. The molecule has 4 N–H and O–H groups in total. The average molecular weight is 549 g/mol. The van der Waals surface area contributed by atoms with E-state index >= 15 is 0 Å². The minimum Gasteiger partial charge on any atom is -0.507 e. The number of ether oxygens (including phenoxy) is 4. The minimum atomic E-state index is -1.20. The van der Waals surface area contributed by atoms with Crippen molar-refractivity contribution in [2.75, 3.05) is 6.61 Å². The summed E-state index contributed by atoms with van der Waals surface area (Å²) in [7, 11) is 0. The third kappa shape index (κ3) is 4.65. The fourth-order valence-electron chi connectivity index (χ4n) is 5.05. The van der Waals surface area contributed by atoms with Gasteiger partial charge in [0.1, 0.15) is 48.2 Å². The van der Waals surface area contributed by atoms with E-state index in [1.54, 1.807) is 30.3 Å². The maximum Gasteiger partial charge on any atom is 0.330 e. The summed E-state index contributed by atoms with van der Waals surface area (Å²) in [5.74, 6) is -2.71. The van der Waals surface area contributed by atoms with E-state index in [0.717, 1.165) is 4.57 Å². The zero-order valence-corrected chi connectivity index (χ0v) is 21.4. The first-order chi connectivity index (χ1) is 19.1. The van der Waals surface area contributed by atoms with Crippen LogP contribution in [0, 0.1) is 11.3 Å². The SMILES string of the molecule is CC(=O)OC[C@H]1O[C@@H](n2cc(C3C(C#N)=C(N)Oc4cc5ccccc5c(O)c43)c(=O)[nH]c2=O)C[C@@H]1OC(C)=O. The summed E-state index contributed by atoms with van der Waals surface area (Å²) in [6.07, 6.45) is -1.56. The molecule has 5 rings (SSSR count). The molecule has 2 aliphatic rings. The lowest BCUT2D eigenvalue weighted by Gasteiger charge is -2.28. The molecule has 13 heteroatoms. The topological polar surface area (TPSA) is 196 Å². The number of nitrogens with two attached hydrogens (primary N) is 1. The van der Waals surface area contributed by atoms with Crippen molar-refractivity contribution in [2.24, 2.45) is 5.73 Å². The Labute approximate surface area is 225 Å². The molecule has 206 valence electrons. The van der Waals surface area contributed by atoms with Gasteiger partial charge in [-0.15, -0.1) is 0 Å². The molecule has 1 saturated heterocycles. The van der Waals surface area contributed by atoms with E-state index in [-0.39, 0.29) is 47.1 Å². The number of aromatic amines is 1. The van der Waals surface area contributed by atoms with Crippen LogP contribution in [-0.4, -0.2) is 45.4 Å². The molecule has 0 aliphatic carbocycles. The number of benzene rings is 2. The average Bonchev–Trinajstić information content (AvgIpc) is 3.28. The molecule has 1 aromatic heterocycles. The number of rotatable bonds is 5. The second-order valence-corrected chi connectivity index (χ2v) is 9.35. The molecule has 40 heavy (non-hydrogen) atoms. The third-order valence-corrected chi connectivity index (χ3v) is 6.77. The highest BCUT2D eigenvalue weighted by atomic mass is 16.6. The highest BCUT2D eigenvalue weighted by Gasteiger charge is 2.41. The van der Waals surface area contributed by atoms with E-state index in [2.05, 4.69) is 4.98 Å². The van der Waals surface area contributed by atoms with Crippen LogP contribution in [0.5, 0.6) is 11.5 Å². The smallest absolute Gasteiger partial charge is 0.330 e. The van der Waals surface area contributed by atoms with E-state index < -0.39 is 47.5 Å². The number of nitrogens with one attached hydrogen (secondary N) is 1. The number of fused-ring (bicyclic) bond motifs is 2. The number of carbonyl (C=O) groups is 2. The summed E-state index contributed by atoms with van der Waals surface area (Å²) in [4.78, 5) is 51.3. The first-order valence-corrected chi connectivity index (χ1v) is 12.2. The van der Waals surface area contributed by atoms with Crippen molar-refractivity contribution >= 4 is 22.7 Å². The zero-order valence-electron chi connectivity index (χ0n) is 21.4. The second-order valence-electron chi connectivity index (χ2n) is 9.35. The Morgan fingerprint density at radius 1 is 1.25 bits per heavy atom. The molecule has 4 atom stereocenters. The van der Waals surface area contributed by atoms with Gasteiger partial charge >= 0.3 is 17.6 Å². The Kier molecular flexibility index (Phi) is 6.78. The van der Waals surface area contributed by atoms with E-state index in [0.29, 0.717) is 10.8 Å². The minimum absolute atomic E-state index is 0.000238. The van der Waals surface area contributed by atoms with Crippen molar-refractivity contribution in [3.8, 4) is 17.6 Å². The zero-order chi connectivity index (χ0) is 28.7. The van der Waals surface area contributed by atoms with Crippen LogP contribution in [0.3, 0.4) is 0 Å². The number of hydrogen-bond donors (Lipinski definition) is 3. The fraction of sp³-hybridized carbons (Fsp3) is 0.296. The lowest BCUT2D eigenvalue weighted by Crippen LogP contribution is -2.36. The maximum atomic E-state index is 13.2. The molecule has 1 fully saturated rings. The molecule has 3 heterocycles. The van der Waals surface area contributed by atoms with Gasteiger partial charge in [-0.05, 0) is 11.5 Å².